The minimum atomic E-state index is -0.122. The molecule has 0 aliphatic carbocycles. The fraction of sp³-hybridized carbons (Fsp3) is 0.545. The van der Waals surface area contributed by atoms with E-state index < -0.39 is 0 Å². The molecule has 6 heteroatoms. The second-order valence-corrected chi connectivity index (χ2v) is 7.91. The minimum absolute atomic E-state index is 0.122. The number of hydrogen-bond donors (Lipinski definition) is 1. The van der Waals surface area contributed by atoms with Crippen molar-refractivity contribution < 1.29 is 9.53 Å². The Labute approximate surface area is 166 Å². The fourth-order valence-electron chi connectivity index (χ4n) is 4.11. The number of benzene rings is 1. The van der Waals surface area contributed by atoms with Crippen molar-refractivity contribution in [3.63, 3.8) is 0 Å². The number of amides is 1. The van der Waals surface area contributed by atoms with E-state index in [9.17, 15) is 4.79 Å². The first-order valence-electron chi connectivity index (χ1n) is 10.4. The number of aryl methyl sites for hydroxylation is 1. The van der Waals surface area contributed by atoms with Gasteiger partial charge in [-0.2, -0.15) is 5.10 Å². The summed E-state index contributed by atoms with van der Waals surface area (Å²) in [4.78, 5) is 15.2. The van der Waals surface area contributed by atoms with Gasteiger partial charge in [0.15, 0.2) is 5.69 Å². The van der Waals surface area contributed by atoms with E-state index in [0.717, 1.165) is 48.8 Å². The maximum absolute atomic E-state index is 12.7. The Kier molecular flexibility index (Phi) is 5.67. The lowest BCUT2D eigenvalue weighted by Crippen LogP contribution is -2.32. The summed E-state index contributed by atoms with van der Waals surface area (Å²) in [5.74, 6) is 0.709. The Balaban J connectivity index is 1.38. The Morgan fingerprint density at radius 1 is 1.25 bits per heavy atom. The van der Waals surface area contributed by atoms with Gasteiger partial charge in [0, 0.05) is 49.5 Å². The van der Waals surface area contributed by atoms with Crippen LogP contribution in [0.1, 0.15) is 54.0 Å². The molecule has 0 radical (unpaired) electrons. The SMILES string of the molecule is CCn1nc(C(=O)NCc2ccc(N3CCC(C)CC3)cc2)c2c1CCOC2. The zero-order valence-electron chi connectivity index (χ0n) is 16.9. The summed E-state index contributed by atoms with van der Waals surface area (Å²) in [5.41, 5.74) is 4.97. The molecule has 0 unspecified atom stereocenters. The van der Waals surface area contributed by atoms with E-state index in [4.69, 9.17) is 4.74 Å². The van der Waals surface area contributed by atoms with E-state index in [1.807, 2.05) is 4.68 Å². The molecule has 2 aromatic rings. The number of ether oxygens (including phenoxy) is 1. The van der Waals surface area contributed by atoms with Gasteiger partial charge in [0.1, 0.15) is 0 Å². The molecule has 1 aromatic heterocycles. The largest absolute Gasteiger partial charge is 0.376 e. The Morgan fingerprint density at radius 2 is 2.00 bits per heavy atom. The number of anilines is 1. The standard InChI is InChI=1S/C22H30N4O2/c1-3-26-20-10-13-28-15-19(20)21(24-26)22(27)23-14-17-4-6-18(7-5-17)25-11-8-16(2)9-12-25/h4-7,16H,3,8-15H2,1-2H3,(H,23,27). The van der Waals surface area contributed by atoms with Crippen molar-refractivity contribution in [3.05, 3.63) is 46.8 Å². The van der Waals surface area contributed by atoms with E-state index >= 15 is 0 Å². The Morgan fingerprint density at radius 3 is 2.71 bits per heavy atom. The molecule has 0 saturated carbocycles. The maximum atomic E-state index is 12.7. The molecule has 0 spiro atoms. The van der Waals surface area contributed by atoms with Crippen molar-refractivity contribution in [2.75, 3.05) is 24.6 Å². The van der Waals surface area contributed by atoms with Crippen LogP contribution in [-0.2, 0) is 30.9 Å². The molecule has 6 nitrogen and oxygen atoms in total. The summed E-state index contributed by atoms with van der Waals surface area (Å²) in [6, 6.07) is 8.55. The molecule has 0 atom stereocenters. The van der Waals surface area contributed by atoms with Gasteiger partial charge in [0.05, 0.1) is 13.2 Å². The van der Waals surface area contributed by atoms with Gasteiger partial charge in [-0.25, -0.2) is 0 Å². The number of hydrogen-bond acceptors (Lipinski definition) is 4. The van der Waals surface area contributed by atoms with Gasteiger partial charge >= 0.3 is 0 Å². The molecule has 2 aliphatic heterocycles. The molecule has 4 rings (SSSR count). The van der Waals surface area contributed by atoms with Gasteiger partial charge in [-0.05, 0) is 43.4 Å². The lowest BCUT2D eigenvalue weighted by Gasteiger charge is -2.32. The third kappa shape index (κ3) is 3.92. The van der Waals surface area contributed by atoms with E-state index in [0.29, 0.717) is 25.5 Å². The van der Waals surface area contributed by atoms with Gasteiger partial charge in [0.25, 0.3) is 5.91 Å². The minimum Gasteiger partial charge on any atom is -0.376 e. The van der Waals surface area contributed by atoms with Crippen molar-refractivity contribution in [2.45, 2.75) is 52.8 Å². The van der Waals surface area contributed by atoms with Crippen LogP contribution in [-0.4, -0.2) is 35.4 Å². The summed E-state index contributed by atoms with van der Waals surface area (Å²) in [6.45, 7) is 9.08. The molecule has 3 heterocycles. The van der Waals surface area contributed by atoms with Crippen LogP contribution >= 0.6 is 0 Å². The van der Waals surface area contributed by atoms with Crippen LogP contribution in [0.25, 0.3) is 0 Å². The van der Waals surface area contributed by atoms with Crippen LogP contribution < -0.4 is 10.2 Å². The van der Waals surface area contributed by atoms with Gasteiger partial charge < -0.3 is 15.0 Å². The van der Waals surface area contributed by atoms with Crippen molar-refractivity contribution in [1.29, 1.82) is 0 Å². The van der Waals surface area contributed by atoms with Crippen LogP contribution in [0, 0.1) is 5.92 Å². The van der Waals surface area contributed by atoms with Crippen LogP contribution in [0.4, 0.5) is 5.69 Å². The summed E-state index contributed by atoms with van der Waals surface area (Å²) in [5, 5.41) is 7.55. The van der Waals surface area contributed by atoms with Crippen LogP contribution in [0.15, 0.2) is 24.3 Å². The van der Waals surface area contributed by atoms with Gasteiger partial charge in [-0.15, -0.1) is 0 Å². The third-order valence-corrected chi connectivity index (χ3v) is 5.95. The Bertz CT molecular complexity index is 820. The van der Waals surface area contributed by atoms with Crippen molar-refractivity contribution in [3.8, 4) is 0 Å². The van der Waals surface area contributed by atoms with Gasteiger partial charge in [-0.3, -0.25) is 9.48 Å². The average molecular weight is 383 g/mol. The van der Waals surface area contributed by atoms with E-state index in [-0.39, 0.29) is 5.91 Å². The molecule has 1 saturated heterocycles. The van der Waals surface area contributed by atoms with Gasteiger partial charge in [0.2, 0.25) is 0 Å². The fourth-order valence-corrected chi connectivity index (χ4v) is 4.11. The number of piperidine rings is 1. The number of aromatic nitrogens is 2. The molecule has 1 N–H and O–H groups in total. The first-order valence-corrected chi connectivity index (χ1v) is 10.4. The zero-order chi connectivity index (χ0) is 19.5. The van der Waals surface area contributed by atoms with E-state index in [1.54, 1.807) is 0 Å². The summed E-state index contributed by atoms with van der Waals surface area (Å²) < 4.78 is 7.48. The summed E-state index contributed by atoms with van der Waals surface area (Å²) in [6.07, 6.45) is 3.34. The number of rotatable bonds is 5. The van der Waals surface area contributed by atoms with E-state index in [2.05, 4.69) is 53.4 Å². The molecule has 1 amide bonds. The Hall–Kier alpha value is -2.34. The first-order chi connectivity index (χ1) is 13.7. The molecule has 1 fully saturated rings. The number of nitrogens with one attached hydrogen (secondary N) is 1. The molecule has 150 valence electrons. The van der Waals surface area contributed by atoms with E-state index in [1.165, 1.54) is 18.5 Å². The molecule has 28 heavy (non-hydrogen) atoms. The highest BCUT2D eigenvalue weighted by Crippen LogP contribution is 2.24. The highest BCUT2D eigenvalue weighted by atomic mass is 16.5. The first kappa shape index (κ1) is 19.0. The lowest BCUT2D eigenvalue weighted by molar-refractivity contribution is 0.0922. The van der Waals surface area contributed by atoms with Crippen LogP contribution in [0.5, 0.6) is 0 Å². The lowest BCUT2D eigenvalue weighted by atomic mass is 9.99. The highest BCUT2D eigenvalue weighted by molar-refractivity contribution is 5.94. The molecular formula is C22H30N4O2. The topological polar surface area (TPSA) is 59.4 Å². The van der Waals surface area contributed by atoms with Crippen LogP contribution in [0.3, 0.4) is 0 Å². The summed E-state index contributed by atoms with van der Waals surface area (Å²) in [7, 11) is 0. The quantitative estimate of drug-likeness (QED) is 0.863. The van der Waals surface area contributed by atoms with Crippen molar-refractivity contribution in [1.82, 2.24) is 15.1 Å². The van der Waals surface area contributed by atoms with Crippen molar-refractivity contribution >= 4 is 11.6 Å². The average Bonchev–Trinajstić information content (AvgIpc) is 3.12. The highest BCUT2D eigenvalue weighted by Gasteiger charge is 2.24. The third-order valence-electron chi connectivity index (χ3n) is 5.95. The predicted octanol–water partition coefficient (Wildman–Crippen LogP) is 3.14. The van der Waals surface area contributed by atoms with Crippen molar-refractivity contribution in [2.24, 2.45) is 5.92 Å². The monoisotopic (exact) mass is 382 g/mol. The molecular weight excluding hydrogens is 352 g/mol. The second kappa shape index (κ2) is 8.35. The summed E-state index contributed by atoms with van der Waals surface area (Å²) >= 11 is 0. The molecule has 0 bridgehead atoms. The molecule has 2 aliphatic rings. The number of carbonyl (C=O) groups excluding carboxylic acids is 1. The number of fused-ring (bicyclic) bond motifs is 1. The zero-order valence-corrected chi connectivity index (χ0v) is 16.9. The second-order valence-electron chi connectivity index (χ2n) is 7.91. The maximum Gasteiger partial charge on any atom is 0.272 e. The predicted molar refractivity (Wildman–Crippen MR) is 109 cm³/mol. The molecule has 1 aromatic carbocycles. The smallest absolute Gasteiger partial charge is 0.272 e. The number of carbonyl (C=O) groups is 1. The van der Waals surface area contributed by atoms with Crippen LogP contribution in [0.2, 0.25) is 0 Å². The number of nitrogens with zero attached hydrogens (tertiary/aromatic N) is 3. The van der Waals surface area contributed by atoms with Gasteiger partial charge in [-0.1, -0.05) is 19.1 Å². The normalized spacial score (nSPS) is 17.4.